The minimum atomic E-state index is -0.330. The van der Waals surface area contributed by atoms with Gasteiger partial charge in [0.25, 0.3) is 0 Å². The molecule has 2 unspecified atom stereocenters. The first-order valence-corrected chi connectivity index (χ1v) is 6.26. The number of rotatable bonds is 6. The highest BCUT2D eigenvalue weighted by molar-refractivity contribution is 7.80. The largest absolute Gasteiger partial charge is 0.393 e. The van der Waals surface area contributed by atoms with E-state index in [4.69, 9.17) is 18.0 Å². The third-order valence-corrected chi connectivity index (χ3v) is 3.15. The smallest absolute Gasteiger partial charge is 0.232 e. The summed E-state index contributed by atoms with van der Waals surface area (Å²) in [4.78, 5) is 14.2. The van der Waals surface area contributed by atoms with E-state index in [1.54, 1.807) is 4.90 Å². The maximum absolute atomic E-state index is 12.1. The quantitative estimate of drug-likeness (QED) is 0.727. The molecule has 16 heavy (non-hydrogen) atoms. The van der Waals surface area contributed by atoms with Crippen LogP contribution in [-0.2, 0) is 4.79 Å². The summed E-state index contributed by atoms with van der Waals surface area (Å²) in [7, 11) is 1.82. The van der Waals surface area contributed by atoms with E-state index in [1.165, 1.54) is 0 Å². The molecule has 0 aliphatic rings. The summed E-state index contributed by atoms with van der Waals surface area (Å²) in [5.74, 6) is 0.379. The Hall–Kier alpha value is -0.640. The molecule has 3 nitrogen and oxygen atoms in total. The summed E-state index contributed by atoms with van der Waals surface area (Å²) in [5, 5.41) is 0. The Kier molecular flexibility index (Phi) is 6.56. The molecule has 0 rings (SSSR count). The van der Waals surface area contributed by atoms with Gasteiger partial charge in [-0.1, -0.05) is 46.3 Å². The third kappa shape index (κ3) is 4.47. The first kappa shape index (κ1) is 15.4. The molecule has 0 fully saturated rings. The molecule has 0 bridgehead atoms. The van der Waals surface area contributed by atoms with Gasteiger partial charge in [-0.05, 0) is 11.8 Å². The van der Waals surface area contributed by atoms with Crippen LogP contribution in [0.15, 0.2) is 0 Å². The average Bonchev–Trinajstić information content (AvgIpc) is 2.16. The highest BCUT2D eigenvalue weighted by Crippen LogP contribution is 2.15. The molecule has 0 aliphatic heterocycles. The van der Waals surface area contributed by atoms with Gasteiger partial charge in [-0.15, -0.1) is 0 Å². The van der Waals surface area contributed by atoms with Crippen LogP contribution < -0.4 is 5.73 Å². The third-order valence-electron chi connectivity index (χ3n) is 2.90. The van der Waals surface area contributed by atoms with E-state index in [0.29, 0.717) is 10.9 Å². The van der Waals surface area contributed by atoms with Gasteiger partial charge in [-0.25, -0.2) is 0 Å². The number of amides is 1. The van der Waals surface area contributed by atoms with Crippen molar-refractivity contribution in [3.05, 3.63) is 0 Å². The minimum Gasteiger partial charge on any atom is -0.393 e. The lowest BCUT2D eigenvalue weighted by molar-refractivity contribution is -0.133. The molecular formula is C12H24N2OS. The van der Waals surface area contributed by atoms with Crippen molar-refractivity contribution in [2.24, 2.45) is 23.5 Å². The van der Waals surface area contributed by atoms with Crippen molar-refractivity contribution in [1.29, 1.82) is 0 Å². The van der Waals surface area contributed by atoms with E-state index in [-0.39, 0.29) is 17.7 Å². The van der Waals surface area contributed by atoms with Crippen LogP contribution in [0, 0.1) is 17.8 Å². The molecule has 0 saturated carbocycles. The van der Waals surface area contributed by atoms with Crippen molar-refractivity contribution >= 4 is 23.1 Å². The Balaban J connectivity index is 4.56. The van der Waals surface area contributed by atoms with Gasteiger partial charge >= 0.3 is 0 Å². The van der Waals surface area contributed by atoms with Crippen molar-refractivity contribution < 1.29 is 4.79 Å². The lowest BCUT2D eigenvalue weighted by atomic mass is 9.94. The molecule has 0 heterocycles. The van der Waals surface area contributed by atoms with E-state index >= 15 is 0 Å². The van der Waals surface area contributed by atoms with Gasteiger partial charge in [-0.3, -0.25) is 4.79 Å². The summed E-state index contributed by atoms with van der Waals surface area (Å²) in [6.07, 6.45) is 1.07. The van der Waals surface area contributed by atoms with Gasteiger partial charge in [-0.2, -0.15) is 0 Å². The standard InChI is InChI=1S/C12H24N2OS/c1-6-9(4)7-14(5)12(15)10(8(2)3)11(13)16/h8-10H,6-7H2,1-5H3,(H2,13,16). The van der Waals surface area contributed by atoms with Gasteiger partial charge in [0.1, 0.15) is 0 Å². The molecule has 0 aliphatic carbocycles. The zero-order valence-electron chi connectivity index (χ0n) is 11.0. The lowest BCUT2D eigenvalue weighted by Gasteiger charge is -2.27. The number of hydrogen-bond acceptors (Lipinski definition) is 2. The van der Waals surface area contributed by atoms with Crippen LogP contribution in [0.4, 0.5) is 0 Å². The molecule has 0 radical (unpaired) electrons. The van der Waals surface area contributed by atoms with Gasteiger partial charge in [0.15, 0.2) is 0 Å². The zero-order valence-corrected chi connectivity index (χ0v) is 11.8. The fraction of sp³-hybridized carbons (Fsp3) is 0.833. The SMILES string of the molecule is CCC(C)CN(C)C(=O)C(C(N)=S)C(C)C. The normalized spacial score (nSPS) is 14.6. The van der Waals surface area contributed by atoms with E-state index < -0.39 is 0 Å². The van der Waals surface area contributed by atoms with Crippen LogP contribution in [0.1, 0.15) is 34.1 Å². The highest BCUT2D eigenvalue weighted by atomic mass is 32.1. The number of nitrogens with two attached hydrogens (primary N) is 1. The van der Waals surface area contributed by atoms with E-state index in [9.17, 15) is 4.79 Å². The number of hydrogen-bond donors (Lipinski definition) is 1. The van der Waals surface area contributed by atoms with Gasteiger partial charge in [0, 0.05) is 13.6 Å². The fourth-order valence-electron chi connectivity index (χ4n) is 1.66. The Bertz CT molecular complexity index is 253. The average molecular weight is 244 g/mol. The topological polar surface area (TPSA) is 46.3 Å². The van der Waals surface area contributed by atoms with Crippen molar-refractivity contribution in [3.8, 4) is 0 Å². The predicted molar refractivity (Wildman–Crippen MR) is 72.2 cm³/mol. The molecule has 0 aromatic rings. The second-order valence-corrected chi connectivity index (χ2v) is 5.33. The van der Waals surface area contributed by atoms with Crippen molar-refractivity contribution in [1.82, 2.24) is 4.90 Å². The van der Waals surface area contributed by atoms with Crippen LogP contribution in [0.3, 0.4) is 0 Å². The van der Waals surface area contributed by atoms with E-state index in [0.717, 1.165) is 13.0 Å². The Morgan fingerprint density at radius 3 is 2.19 bits per heavy atom. The predicted octanol–water partition coefficient (Wildman–Crippen LogP) is 2.05. The lowest BCUT2D eigenvalue weighted by Crippen LogP contribution is -2.43. The molecule has 94 valence electrons. The van der Waals surface area contributed by atoms with E-state index in [1.807, 2.05) is 20.9 Å². The molecule has 1 amide bonds. The Morgan fingerprint density at radius 2 is 1.88 bits per heavy atom. The molecule has 0 spiro atoms. The van der Waals surface area contributed by atoms with Crippen LogP contribution >= 0.6 is 12.2 Å². The summed E-state index contributed by atoms with van der Waals surface area (Å²) in [6.45, 7) is 8.96. The summed E-state index contributed by atoms with van der Waals surface area (Å²) < 4.78 is 0. The number of thiocarbonyl (C=S) groups is 1. The molecule has 2 N–H and O–H groups in total. The highest BCUT2D eigenvalue weighted by Gasteiger charge is 2.28. The number of carbonyl (C=O) groups excluding carboxylic acids is 1. The summed E-state index contributed by atoms with van der Waals surface area (Å²) in [6, 6.07) is 0. The van der Waals surface area contributed by atoms with Crippen LogP contribution in [0.25, 0.3) is 0 Å². The van der Waals surface area contributed by atoms with Gasteiger partial charge in [0.05, 0.1) is 10.9 Å². The van der Waals surface area contributed by atoms with Crippen molar-refractivity contribution in [3.63, 3.8) is 0 Å². The molecule has 0 saturated heterocycles. The Morgan fingerprint density at radius 1 is 1.38 bits per heavy atom. The zero-order chi connectivity index (χ0) is 12.9. The molecule has 0 aromatic carbocycles. The molecule has 0 aromatic heterocycles. The van der Waals surface area contributed by atoms with Crippen LogP contribution in [-0.4, -0.2) is 29.4 Å². The Labute approximate surface area is 104 Å². The van der Waals surface area contributed by atoms with Gasteiger partial charge in [0.2, 0.25) is 5.91 Å². The minimum absolute atomic E-state index is 0.0443. The number of carbonyl (C=O) groups is 1. The van der Waals surface area contributed by atoms with Crippen molar-refractivity contribution in [2.45, 2.75) is 34.1 Å². The monoisotopic (exact) mass is 244 g/mol. The second-order valence-electron chi connectivity index (χ2n) is 4.86. The van der Waals surface area contributed by atoms with Crippen molar-refractivity contribution in [2.75, 3.05) is 13.6 Å². The number of nitrogens with zero attached hydrogens (tertiary/aromatic N) is 1. The van der Waals surface area contributed by atoms with E-state index in [2.05, 4.69) is 13.8 Å². The summed E-state index contributed by atoms with van der Waals surface area (Å²) in [5.41, 5.74) is 5.62. The first-order valence-electron chi connectivity index (χ1n) is 5.85. The maximum Gasteiger partial charge on any atom is 0.232 e. The molecular weight excluding hydrogens is 220 g/mol. The maximum atomic E-state index is 12.1. The van der Waals surface area contributed by atoms with Gasteiger partial charge < -0.3 is 10.6 Å². The molecule has 4 heteroatoms. The van der Waals surface area contributed by atoms with Crippen LogP contribution in [0.5, 0.6) is 0 Å². The first-order chi connectivity index (χ1) is 7.31. The van der Waals surface area contributed by atoms with Crippen LogP contribution in [0.2, 0.25) is 0 Å². The second kappa shape index (κ2) is 6.84. The fourth-order valence-corrected chi connectivity index (χ4v) is 2.03. The summed E-state index contributed by atoms with van der Waals surface area (Å²) >= 11 is 4.96. The molecule has 2 atom stereocenters.